The second kappa shape index (κ2) is 11.1. The molecule has 0 aliphatic carbocycles. The minimum absolute atomic E-state index is 0.792. The third kappa shape index (κ3) is 6.73. The van der Waals surface area contributed by atoms with E-state index in [-0.39, 0.29) is 0 Å². The summed E-state index contributed by atoms with van der Waals surface area (Å²) in [5.41, 5.74) is 2.29. The van der Waals surface area contributed by atoms with Gasteiger partial charge in [-0.15, -0.1) is 0 Å². The van der Waals surface area contributed by atoms with E-state index in [0.717, 1.165) is 5.56 Å². The first-order chi connectivity index (χ1) is 10.7. The Bertz CT molecular complexity index is 422. The summed E-state index contributed by atoms with van der Waals surface area (Å²) in [5.74, 6) is 0. The summed E-state index contributed by atoms with van der Waals surface area (Å²) >= 11 is -2.07. The molecule has 0 aliphatic rings. The summed E-state index contributed by atoms with van der Waals surface area (Å²) in [6.45, 7) is 6.99. The first-order valence-corrected chi connectivity index (χ1v) is 17.3. The molecular formula is C20H33NSn. The second-order valence-electron chi connectivity index (χ2n) is 6.80. The van der Waals surface area contributed by atoms with Crippen molar-refractivity contribution >= 4 is 18.4 Å². The van der Waals surface area contributed by atoms with E-state index < -0.39 is 18.4 Å². The molecule has 0 unspecified atom stereocenters. The van der Waals surface area contributed by atoms with E-state index in [1.807, 2.05) is 12.1 Å². The molecule has 122 valence electrons. The van der Waals surface area contributed by atoms with Gasteiger partial charge in [-0.3, -0.25) is 0 Å². The fraction of sp³-hybridized carbons (Fsp3) is 0.650. The zero-order valence-electron chi connectivity index (χ0n) is 14.8. The SMILES string of the molecule is CCC[CH2][Sn]([CH2]CCC)([CH2]CCC)[CH2]c1ccc(C#N)cc1. The molecule has 22 heavy (non-hydrogen) atoms. The van der Waals surface area contributed by atoms with Gasteiger partial charge in [-0.2, -0.15) is 0 Å². The van der Waals surface area contributed by atoms with Crippen molar-refractivity contribution in [1.29, 1.82) is 5.26 Å². The standard InChI is InChI=1S/C8H6N.3C4H9.Sn/c1-7-2-4-8(6-9)5-3-7;3*1-3-4-2;/h2-5H,1H2;3*1,3-4H2,2H3;. The number of benzene rings is 1. The van der Waals surface area contributed by atoms with E-state index in [4.69, 9.17) is 5.26 Å². The van der Waals surface area contributed by atoms with Crippen LogP contribution in [0.25, 0.3) is 0 Å². The zero-order chi connectivity index (χ0) is 16.3. The third-order valence-corrected chi connectivity index (χ3v) is 20.3. The van der Waals surface area contributed by atoms with Crippen molar-refractivity contribution in [3.8, 4) is 6.07 Å². The Labute approximate surface area is 142 Å². The molecule has 0 saturated heterocycles. The Hall–Kier alpha value is -0.491. The topological polar surface area (TPSA) is 23.8 Å². The van der Waals surface area contributed by atoms with Crippen LogP contribution < -0.4 is 0 Å². The molecule has 1 nitrogen and oxygen atoms in total. The summed E-state index contributed by atoms with van der Waals surface area (Å²) in [6, 6.07) is 10.7. The molecule has 0 spiro atoms. The van der Waals surface area contributed by atoms with Gasteiger partial charge >= 0.3 is 142 Å². The number of hydrogen-bond donors (Lipinski definition) is 0. The Balaban J connectivity index is 2.89. The fourth-order valence-electron chi connectivity index (χ4n) is 3.43. The van der Waals surface area contributed by atoms with Gasteiger partial charge in [-0.25, -0.2) is 0 Å². The molecule has 1 rings (SSSR count). The van der Waals surface area contributed by atoms with Crippen molar-refractivity contribution in [3.63, 3.8) is 0 Å². The van der Waals surface area contributed by atoms with E-state index >= 15 is 0 Å². The van der Waals surface area contributed by atoms with Crippen molar-refractivity contribution in [1.82, 2.24) is 0 Å². The van der Waals surface area contributed by atoms with Crippen LogP contribution in [0.15, 0.2) is 24.3 Å². The zero-order valence-corrected chi connectivity index (χ0v) is 17.7. The van der Waals surface area contributed by atoms with Crippen molar-refractivity contribution in [2.45, 2.75) is 77.0 Å². The Morgan fingerprint density at radius 3 is 1.64 bits per heavy atom. The van der Waals surface area contributed by atoms with Gasteiger partial charge in [-0.1, -0.05) is 0 Å². The predicted octanol–water partition coefficient (Wildman–Crippen LogP) is 6.49. The summed E-state index contributed by atoms with van der Waals surface area (Å²) in [4.78, 5) is 0. The van der Waals surface area contributed by atoms with Gasteiger partial charge in [0.05, 0.1) is 0 Å². The van der Waals surface area contributed by atoms with Crippen LogP contribution in [-0.4, -0.2) is 18.4 Å². The van der Waals surface area contributed by atoms with Gasteiger partial charge in [0.15, 0.2) is 0 Å². The second-order valence-corrected chi connectivity index (χ2v) is 20.6. The fourth-order valence-corrected chi connectivity index (χ4v) is 19.7. The summed E-state index contributed by atoms with van der Waals surface area (Å²) in [6.07, 6.45) is 8.30. The van der Waals surface area contributed by atoms with Crippen molar-refractivity contribution in [2.75, 3.05) is 0 Å². The quantitative estimate of drug-likeness (QED) is 0.386. The van der Waals surface area contributed by atoms with Crippen molar-refractivity contribution < 1.29 is 0 Å². The summed E-state index contributed by atoms with van der Waals surface area (Å²) in [5, 5.41) is 8.97. The van der Waals surface area contributed by atoms with Crippen LogP contribution >= 0.6 is 0 Å². The van der Waals surface area contributed by atoms with Gasteiger partial charge in [0.1, 0.15) is 0 Å². The normalized spacial score (nSPS) is 11.4. The van der Waals surface area contributed by atoms with Crippen LogP contribution in [0.1, 0.15) is 70.4 Å². The molecule has 2 heteroatoms. The molecule has 0 aromatic heterocycles. The van der Waals surface area contributed by atoms with E-state index in [0.29, 0.717) is 0 Å². The van der Waals surface area contributed by atoms with Crippen LogP contribution in [-0.2, 0) is 4.44 Å². The molecule has 0 aliphatic heterocycles. The van der Waals surface area contributed by atoms with E-state index in [9.17, 15) is 0 Å². The Kier molecular flexibility index (Phi) is 9.87. The molecule has 0 N–H and O–H groups in total. The number of nitrogens with zero attached hydrogens (tertiary/aromatic N) is 1. The molecule has 1 aromatic rings. The molecule has 0 fully saturated rings. The molecule has 0 saturated carbocycles. The first-order valence-electron chi connectivity index (χ1n) is 9.18. The molecule has 1 aromatic carbocycles. The van der Waals surface area contributed by atoms with Gasteiger partial charge in [0.2, 0.25) is 0 Å². The molecular weight excluding hydrogens is 373 g/mol. The van der Waals surface area contributed by atoms with E-state index in [1.54, 1.807) is 13.3 Å². The van der Waals surface area contributed by atoms with E-state index in [2.05, 4.69) is 39.0 Å². The molecule has 0 atom stereocenters. The number of nitriles is 1. The summed E-state index contributed by atoms with van der Waals surface area (Å²) < 4.78 is 6.07. The molecule has 0 amide bonds. The maximum absolute atomic E-state index is 8.97. The molecule has 0 bridgehead atoms. The number of rotatable bonds is 11. The number of hydrogen-bond acceptors (Lipinski definition) is 1. The third-order valence-electron chi connectivity index (χ3n) is 4.84. The van der Waals surface area contributed by atoms with Gasteiger partial charge < -0.3 is 0 Å². The molecule has 0 heterocycles. The van der Waals surface area contributed by atoms with Gasteiger partial charge in [0.25, 0.3) is 0 Å². The first kappa shape index (κ1) is 19.6. The Morgan fingerprint density at radius 2 is 1.27 bits per heavy atom. The van der Waals surface area contributed by atoms with E-state index in [1.165, 1.54) is 48.5 Å². The minimum atomic E-state index is -2.07. The van der Waals surface area contributed by atoms with Gasteiger partial charge in [0, 0.05) is 0 Å². The van der Waals surface area contributed by atoms with Crippen LogP contribution in [0.5, 0.6) is 0 Å². The number of unbranched alkanes of at least 4 members (excludes halogenated alkanes) is 3. The average molecular weight is 406 g/mol. The Morgan fingerprint density at radius 1 is 0.818 bits per heavy atom. The maximum atomic E-state index is 8.97. The summed E-state index contributed by atoms with van der Waals surface area (Å²) in [7, 11) is 0. The van der Waals surface area contributed by atoms with Crippen molar-refractivity contribution in [2.24, 2.45) is 0 Å². The predicted molar refractivity (Wildman–Crippen MR) is 99.8 cm³/mol. The van der Waals surface area contributed by atoms with Crippen LogP contribution in [0, 0.1) is 11.3 Å². The van der Waals surface area contributed by atoms with Crippen LogP contribution in [0.4, 0.5) is 0 Å². The molecule has 0 radical (unpaired) electrons. The van der Waals surface area contributed by atoms with Crippen molar-refractivity contribution in [3.05, 3.63) is 35.4 Å². The van der Waals surface area contributed by atoms with Crippen LogP contribution in [0.3, 0.4) is 0 Å². The van der Waals surface area contributed by atoms with Gasteiger partial charge in [-0.05, 0) is 0 Å². The monoisotopic (exact) mass is 407 g/mol. The average Bonchev–Trinajstić information content (AvgIpc) is 2.56. The van der Waals surface area contributed by atoms with Crippen LogP contribution in [0.2, 0.25) is 13.3 Å².